The average molecular weight is 275 g/mol. The van der Waals surface area contributed by atoms with Crippen molar-refractivity contribution in [2.75, 3.05) is 7.05 Å². The molecule has 1 aromatic heterocycles. The number of thiophene rings is 1. The zero-order valence-electron chi connectivity index (χ0n) is 9.96. The second-order valence-corrected chi connectivity index (χ2v) is 5.58. The summed E-state index contributed by atoms with van der Waals surface area (Å²) >= 11 is 1.69. The van der Waals surface area contributed by atoms with Crippen LogP contribution in [0.25, 0.3) is 0 Å². The third kappa shape index (κ3) is 3.69. The Balaban J connectivity index is 0.00000144. The van der Waals surface area contributed by atoms with Gasteiger partial charge in [0.15, 0.2) is 0 Å². The number of hydrogen-bond acceptors (Lipinski definition) is 3. The van der Waals surface area contributed by atoms with Crippen molar-refractivity contribution in [3.05, 3.63) is 22.4 Å². The molecule has 17 heavy (non-hydrogen) atoms. The van der Waals surface area contributed by atoms with Gasteiger partial charge in [-0.2, -0.15) is 0 Å². The van der Waals surface area contributed by atoms with E-state index in [0.717, 1.165) is 25.8 Å². The van der Waals surface area contributed by atoms with Crippen LogP contribution in [0.15, 0.2) is 17.5 Å². The molecule has 2 unspecified atom stereocenters. The van der Waals surface area contributed by atoms with Crippen molar-refractivity contribution in [3.63, 3.8) is 0 Å². The standard InChI is InChI=1S/C12H18N2OS.ClH/c1-14(8-11-3-2-6-16-11)12(15)9-4-5-10(13)7-9;/h2-3,6,9-10H,4-5,7-8,13H2,1H3;1H. The van der Waals surface area contributed by atoms with Crippen molar-refractivity contribution in [1.29, 1.82) is 0 Å². The smallest absolute Gasteiger partial charge is 0.225 e. The first-order valence-electron chi connectivity index (χ1n) is 5.69. The summed E-state index contributed by atoms with van der Waals surface area (Å²) < 4.78 is 0. The average Bonchev–Trinajstić information content (AvgIpc) is 2.88. The highest BCUT2D eigenvalue weighted by atomic mass is 35.5. The number of hydrogen-bond donors (Lipinski definition) is 1. The van der Waals surface area contributed by atoms with E-state index in [1.807, 2.05) is 23.4 Å². The molecule has 1 aromatic rings. The predicted octanol–water partition coefficient (Wildman–Crippen LogP) is 2.26. The lowest BCUT2D eigenvalue weighted by atomic mass is 10.1. The van der Waals surface area contributed by atoms with Gasteiger partial charge in [0, 0.05) is 23.9 Å². The summed E-state index contributed by atoms with van der Waals surface area (Å²) in [6.45, 7) is 0.724. The number of amides is 1. The highest BCUT2D eigenvalue weighted by molar-refractivity contribution is 7.09. The fourth-order valence-corrected chi connectivity index (χ4v) is 3.02. The topological polar surface area (TPSA) is 46.3 Å². The minimum Gasteiger partial charge on any atom is -0.340 e. The van der Waals surface area contributed by atoms with E-state index >= 15 is 0 Å². The van der Waals surface area contributed by atoms with Gasteiger partial charge in [0.2, 0.25) is 5.91 Å². The van der Waals surface area contributed by atoms with Gasteiger partial charge in [0.05, 0.1) is 6.54 Å². The van der Waals surface area contributed by atoms with E-state index in [1.54, 1.807) is 11.3 Å². The Morgan fingerprint density at radius 2 is 2.35 bits per heavy atom. The zero-order valence-corrected chi connectivity index (χ0v) is 11.6. The summed E-state index contributed by atoms with van der Waals surface area (Å²) in [5.74, 6) is 0.404. The molecule has 1 heterocycles. The minimum atomic E-state index is 0. The Morgan fingerprint density at radius 1 is 1.59 bits per heavy atom. The fraction of sp³-hybridized carbons (Fsp3) is 0.583. The van der Waals surface area contributed by atoms with Crippen LogP contribution < -0.4 is 5.73 Å². The molecule has 0 spiro atoms. The maximum absolute atomic E-state index is 12.1. The van der Waals surface area contributed by atoms with E-state index in [-0.39, 0.29) is 30.3 Å². The van der Waals surface area contributed by atoms with Gasteiger partial charge in [0.25, 0.3) is 0 Å². The molecule has 0 bridgehead atoms. The van der Waals surface area contributed by atoms with E-state index in [9.17, 15) is 4.79 Å². The Labute approximate surface area is 112 Å². The van der Waals surface area contributed by atoms with E-state index in [1.165, 1.54) is 4.88 Å². The van der Waals surface area contributed by atoms with Gasteiger partial charge in [0.1, 0.15) is 0 Å². The molecule has 0 aromatic carbocycles. The van der Waals surface area contributed by atoms with Crippen molar-refractivity contribution < 1.29 is 4.79 Å². The molecule has 0 saturated heterocycles. The predicted molar refractivity (Wildman–Crippen MR) is 73.4 cm³/mol. The molecular weight excluding hydrogens is 256 g/mol. The van der Waals surface area contributed by atoms with Gasteiger partial charge in [-0.1, -0.05) is 6.07 Å². The van der Waals surface area contributed by atoms with Crippen LogP contribution in [0.4, 0.5) is 0 Å². The van der Waals surface area contributed by atoms with Crippen molar-refractivity contribution >= 4 is 29.7 Å². The molecule has 1 aliphatic carbocycles. The van der Waals surface area contributed by atoms with E-state index < -0.39 is 0 Å². The Hall–Kier alpha value is -0.580. The third-order valence-electron chi connectivity index (χ3n) is 3.17. The molecule has 96 valence electrons. The van der Waals surface area contributed by atoms with Crippen LogP contribution in [0.2, 0.25) is 0 Å². The van der Waals surface area contributed by atoms with Gasteiger partial charge in [-0.05, 0) is 30.7 Å². The summed E-state index contributed by atoms with van der Waals surface area (Å²) in [6.07, 6.45) is 2.80. The lowest BCUT2D eigenvalue weighted by molar-refractivity contribution is -0.134. The highest BCUT2D eigenvalue weighted by Gasteiger charge is 2.29. The summed E-state index contributed by atoms with van der Waals surface area (Å²) in [4.78, 5) is 15.2. The van der Waals surface area contributed by atoms with Crippen molar-refractivity contribution in [2.45, 2.75) is 31.8 Å². The number of nitrogens with zero attached hydrogens (tertiary/aromatic N) is 1. The van der Waals surface area contributed by atoms with E-state index in [4.69, 9.17) is 5.73 Å². The molecule has 3 nitrogen and oxygen atoms in total. The fourth-order valence-electron chi connectivity index (χ4n) is 2.27. The Kier molecular flexibility index (Phi) is 5.43. The van der Waals surface area contributed by atoms with Gasteiger partial charge >= 0.3 is 0 Å². The van der Waals surface area contributed by atoms with E-state index in [2.05, 4.69) is 6.07 Å². The van der Waals surface area contributed by atoms with Crippen molar-refractivity contribution in [2.24, 2.45) is 11.7 Å². The van der Waals surface area contributed by atoms with Gasteiger partial charge < -0.3 is 10.6 Å². The Bertz CT molecular complexity index is 355. The molecule has 2 N–H and O–H groups in total. The normalized spacial score (nSPS) is 23.2. The zero-order chi connectivity index (χ0) is 11.5. The van der Waals surface area contributed by atoms with Gasteiger partial charge in [-0.3, -0.25) is 4.79 Å². The molecule has 1 amide bonds. The third-order valence-corrected chi connectivity index (χ3v) is 4.03. The number of carbonyl (C=O) groups excluding carboxylic acids is 1. The summed E-state index contributed by atoms with van der Waals surface area (Å²) in [5, 5.41) is 2.04. The van der Waals surface area contributed by atoms with Crippen LogP contribution in [-0.4, -0.2) is 23.9 Å². The molecule has 2 rings (SSSR count). The molecular formula is C12H19ClN2OS. The molecule has 0 aliphatic heterocycles. The lowest BCUT2D eigenvalue weighted by Gasteiger charge is -2.20. The largest absolute Gasteiger partial charge is 0.340 e. The molecule has 5 heteroatoms. The first kappa shape index (κ1) is 14.5. The molecule has 1 aliphatic rings. The van der Waals surface area contributed by atoms with Crippen LogP contribution in [-0.2, 0) is 11.3 Å². The number of nitrogens with two attached hydrogens (primary N) is 1. The summed E-state index contributed by atoms with van der Waals surface area (Å²) in [7, 11) is 1.88. The Morgan fingerprint density at radius 3 is 2.88 bits per heavy atom. The van der Waals surface area contributed by atoms with Gasteiger partial charge in [-0.25, -0.2) is 0 Å². The highest BCUT2D eigenvalue weighted by Crippen LogP contribution is 2.26. The quantitative estimate of drug-likeness (QED) is 0.919. The minimum absolute atomic E-state index is 0. The first-order chi connectivity index (χ1) is 7.66. The number of carbonyl (C=O) groups is 1. The summed E-state index contributed by atoms with van der Waals surface area (Å²) in [6, 6.07) is 4.31. The number of halogens is 1. The van der Waals surface area contributed by atoms with E-state index in [0.29, 0.717) is 0 Å². The second-order valence-electron chi connectivity index (χ2n) is 4.54. The van der Waals surface area contributed by atoms with Crippen molar-refractivity contribution in [1.82, 2.24) is 4.90 Å². The van der Waals surface area contributed by atoms with Gasteiger partial charge in [-0.15, -0.1) is 23.7 Å². The van der Waals surface area contributed by atoms with Crippen LogP contribution in [0, 0.1) is 5.92 Å². The monoisotopic (exact) mass is 274 g/mol. The maximum Gasteiger partial charge on any atom is 0.225 e. The van der Waals surface area contributed by atoms with Crippen LogP contribution in [0.1, 0.15) is 24.1 Å². The van der Waals surface area contributed by atoms with Crippen LogP contribution in [0.5, 0.6) is 0 Å². The van der Waals surface area contributed by atoms with Crippen molar-refractivity contribution in [3.8, 4) is 0 Å². The number of rotatable bonds is 3. The first-order valence-corrected chi connectivity index (χ1v) is 6.57. The molecule has 1 saturated carbocycles. The molecule has 0 radical (unpaired) electrons. The molecule has 2 atom stereocenters. The van der Waals surface area contributed by atoms with Crippen LogP contribution >= 0.6 is 23.7 Å². The maximum atomic E-state index is 12.1. The van der Waals surface area contributed by atoms with Crippen LogP contribution in [0.3, 0.4) is 0 Å². The summed E-state index contributed by atoms with van der Waals surface area (Å²) in [5.41, 5.74) is 5.83. The lowest BCUT2D eigenvalue weighted by Crippen LogP contribution is -2.31. The molecule has 1 fully saturated rings. The second kappa shape index (κ2) is 6.38. The SMILES string of the molecule is CN(Cc1cccs1)C(=O)C1CCC(N)C1.Cl.